The normalized spacial score (nSPS) is 10.6. The van der Waals surface area contributed by atoms with Crippen molar-refractivity contribution in [3.8, 4) is 0 Å². The monoisotopic (exact) mass is 364 g/mol. The maximum atomic E-state index is 12.2. The summed E-state index contributed by atoms with van der Waals surface area (Å²) in [6.07, 6.45) is 0. The minimum absolute atomic E-state index is 0.312. The quantitative estimate of drug-likeness (QED) is 0.504. The Morgan fingerprint density at radius 1 is 0.739 bits per heavy atom. The number of benzene rings is 3. The number of urea groups is 1. The lowest BCUT2D eigenvalue weighted by Gasteiger charge is -2.12. The molecule has 3 nitrogen and oxygen atoms in total. The van der Waals surface area contributed by atoms with Gasteiger partial charge in [-0.2, -0.15) is 0 Å². The van der Waals surface area contributed by atoms with E-state index in [-0.39, 0.29) is 0 Å². The predicted molar refractivity (Wildman–Crippen MR) is 98.1 cm³/mol. The highest BCUT2D eigenvalue weighted by molar-refractivity contribution is 6.44. The van der Waals surface area contributed by atoms with Gasteiger partial charge in [0.1, 0.15) is 0 Å². The highest BCUT2D eigenvalue weighted by Gasteiger charge is 2.10. The zero-order chi connectivity index (χ0) is 16.4. The third-order valence-corrected chi connectivity index (χ3v) is 4.33. The molecule has 0 bridgehead atoms. The average molecular weight is 366 g/mol. The average Bonchev–Trinajstić information content (AvgIpc) is 2.53. The van der Waals surface area contributed by atoms with Crippen molar-refractivity contribution >= 4 is 63.0 Å². The van der Waals surface area contributed by atoms with Gasteiger partial charge in [0.15, 0.2) is 0 Å². The molecule has 3 aromatic rings. The number of fused-ring (bicyclic) bond motifs is 1. The summed E-state index contributed by atoms with van der Waals surface area (Å²) in [4.78, 5) is 12.2. The largest absolute Gasteiger partial charge is 0.323 e. The van der Waals surface area contributed by atoms with E-state index >= 15 is 0 Å². The predicted octanol–water partition coefficient (Wildman–Crippen LogP) is 6.44. The first-order valence-electron chi connectivity index (χ1n) is 6.75. The van der Waals surface area contributed by atoms with Crippen LogP contribution in [0.2, 0.25) is 15.1 Å². The molecule has 0 heterocycles. The third-order valence-electron chi connectivity index (χ3n) is 3.30. The summed E-state index contributed by atoms with van der Waals surface area (Å²) in [6, 6.07) is 16.1. The Labute approximate surface area is 148 Å². The minimum Gasteiger partial charge on any atom is -0.307 e. The van der Waals surface area contributed by atoms with Crippen LogP contribution in [0.15, 0.2) is 54.6 Å². The molecule has 6 heteroatoms. The van der Waals surface area contributed by atoms with Crippen LogP contribution in [0.3, 0.4) is 0 Å². The number of hydrogen-bond acceptors (Lipinski definition) is 1. The van der Waals surface area contributed by atoms with E-state index < -0.39 is 6.03 Å². The molecule has 0 aliphatic carbocycles. The van der Waals surface area contributed by atoms with E-state index in [1.165, 1.54) is 12.1 Å². The molecule has 3 aromatic carbocycles. The Hall–Kier alpha value is -1.94. The lowest BCUT2D eigenvalue weighted by atomic mass is 10.1. The molecule has 0 saturated heterocycles. The van der Waals surface area contributed by atoms with Crippen molar-refractivity contribution in [1.82, 2.24) is 0 Å². The van der Waals surface area contributed by atoms with Crippen molar-refractivity contribution in [1.29, 1.82) is 0 Å². The molecule has 0 saturated carbocycles. The molecule has 0 aromatic heterocycles. The van der Waals surface area contributed by atoms with Crippen molar-refractivity contribution < 1.29 is 4.79 Å². The number of halogens is 3. The lowest BCUT2D eigenvalue weighted by Crippen LogP contribution is -2.19. The highest BCUT2D eigenvalue weighted by Crippen LogP contribution is 2.32. The summed E-state index contributed by atoms with van der Waals surface area (Å²) in [6.45, 7) is 0. The van der Waals surface area contributed by atoms with E-state index in [0.29, 0.717) is 26.4 Å². The number of amides is 2. The second-order valence-corrected chi connectivity index (χ2v) is 6.07. The lowest BCUT2D eigenvalue weighted by molar-refractivity contribution is 0.262. The van der Waals surface area contributed by atoms with E-state index in [9.17, 15) is 4.79 Å². The van der Waals surface area contributed by atoms with Crippen molar-refractivity contribution in [2.24, 2.45) is 0 Å². The van der Waals surface area contributed by atoms with Gasteiger partial charge in [-0.1, -0.05) is 71.2 Å². The van der Waals surface area contributed by atoms with Gasteiger partial charge in [0.25, 0.3) is 0 Å². The van der Waals surface area contributed by atoms with Crippen LogP contribution < -0.4 is 10.6 Å². The number of hydrogen-bond donors (Lipinski definition) is 2. The van der Waals surface area contributed by atoms with Gasteiger partial charge in [-0.05, 0) is 23.6 Å². The van der Waals surface area contributed by atoms with Crippen LogP contribution in [0.4, 0.5) is 16.2 Å². The first-order valence-corrected chi connectivity index (χ1v) is 7.88. The number of carbonyl (C=O) groups excluding carboxylic acids is 1. The van der Waals surface area contributed by atoms with Gasteiger partial charge in [-0.15, -0.1) is 0 Å². The van der Waals surface area contributed by atoms with E-state index in [1.54, 1.807) is 0 Å². The first-order chi connectivity index (χ1) is 11.0. The molecule has 3 rings (SSSR count). The molecule has 0 unspecified atom stereocenters. The topological polar surface area (TPSA) is 41.1 Å². The smallest absolute Gasteiger partial charge is 0.307 e. The van der Waals surface area contributed by atoms with E-state index in [0.717, 1.165) is 10.8 Å². The van der Waals surface area contributed by atoms with Crippen molar-refractivity contribution in [2.75, 3.05) is 10.6 Å². The molecule has 116 valence electrons. The number of carbonyl (C=O) groups is 1. The van der Waals surface area contributed by atoms with Crippen LogP contribution >= 0.6 is 34.8 Å². The third kappa shape index (κ3) is 3.53. The van der Waals surface area contributed by atoms with Gasteiger partial charge in [0.2, 0.25) is 0 Å². The molecule has 0 spiro atoms. The Morgan fingerprint density at radius 2 is 1.39 bits per heavy atom. The van der Waals surface area contributed by atoms with Crippen molar-refractivity contribution in [3.63, 3.8) is 0 Å². The molecule has 2 N–H and O–H groups in total. The summed E-state index contributed by atoms with van der Waals surface area (Å²) < 4.78 is 0. The number of rotatable bonds is 2. The number of anilines is 2. The van der Waals surface area contributed by atoms with Gasteiger partial charge in [0, 0.05) is 5.39 Å². The molecular weight excluding hydrogens is 355 g/mol. The fourth-order valence-corrected chi connectivity index (χ4v) is 2.82. The van der Waals surface area contributed by atoms with Gasteiger partial charge in [-0.25, -0.2) is 4.79 Å². The molecular formula is C17H11Cl3N2O. The molecule has 0 fully saturated rings. The fraction of sp³-hybridized carbons (Fsp3) is 0. The molecule has 0 radical (unpaired) electrons. The molecule has 23 heavy (non-hydrogen) atoms. The molecule has 0 aliphatic heterocycles. The van der Waals surface area contributed by atoms with Crippen LogP contribution in [0, 0.1) is 0 Å². The second kappa shape index (κ2) is 6.67. The van der Waals surface area contributed by atoms with Crippen LogP contribution in [0.25, 0.3) is 10.8 Å². The summed E-state index contributed by atoms with van der Waals surface area (Å²) in [5.74, 6) is 0. The van der Waals surface area contributed by atoms with Gasteiger partial charge in [0.05, 0.1) is 26.4 Å². The Bertz CT molecular complexity index is 891. The summed E-state index contributed by atoms with van der Waals surface area (Å²) in [5, 5.41) is 8.42. The van der Waals surface area contributed by atoms with Crippen LogP contribution in [0.5, 0.6) is 0 Å². The standard InChI is InChI=1S/C17H11Cl3N2O/c18-12-8-14(20)16(9-13(12)19)22-17(23)21-15-7-3-5-10-4-1-2-6-11(10)15/h1-9H,(H2,21,22,23). The minimum atomic E-state index is -0.415. The van der Waals surface area contributed by atoms with Crippen LogP contribution in [-0.2, 0) is 0 Å². The maximum Gasteiger partial charge on any atom is 0.323 e. The Kier molecular flexibility index (Phi) is 4.62. The summed E-state index contributed by atoms with van der Waals surface area (Å²) in [5.41, 5.74) is 1.09. The van der Waals surface area contributed by atoms with E-state index in [1.807, 2.05) is 42.5 Å². The fourth-order valence-electron chi connectivity index (χ4n) is 2.23. The van der Waals surface area contributed by atoms with Crippen LogP contribution in [-0.4, -0.2) is 6.03 Å². The van der Waals surface area contributed by atoms with E-state index in [4.69, 9.17) is 34.8 Å². The maximum absolute atomic E-state index is 12.2. The highest BCUT2D eigenvalue weighted by atomic mass is 35.5. The van der Waals surface area contributed by atoms with Gasteiger partial charge >= 0.3 is 6.03 Å². The number of nitrogens with one attached hydrogen (secondary N) is 2. The molecule has 0 atom stereocenters. The second-order valence-electron chi connectivity index (χ2n) is 4.85. The Balaban J connectivity index is 1.83. The van der Waals surface area contributed by atoms with Crippen molar-refractivity contribution in [3.05, 3.63) is 69.7 Å². The molecule has 2 amide bonds. The van der Waals surface area contributed by atoms with Crippen LogP contribution in [0.1, 0.15) is 0 Å². The molecule has 0 aliphatic rings. The van der Waals surface area contributed by atoms with Crippen molar-refractivity contribution in [2.45, 2.75) is 0 Å². The van der Waals surface area contributed by atoms with Gasteiger partial charge in [-0.3, -0.25) is 0 Å². The summed E-state index contributed by atoms with van der Waals surface area (Å²) in [7, 11) is 0. The zero-order valence-corrected chi connectivity index (χ0v) is 14.0. The first kappa shape index (κ1) is 15.9. The SMILES string of the molecule is O=C(Nc1cc(Cl)c(Cl)cc1Cl)Nc1cccc2ccccc12. The summed E-state index contributed by atoms with van der Waals surface area (Å²) >= 11 is 17.9. The Morgan fingerprint density at radius 3 is 2.22 bits per heavy atom. The van der Waals surface area contributed by atoms with Gasteiger partial charge < -0.3 is 10.6 Å². The van der Waals surface area contributed by atoms with E-state index in [2.05, 4.69) is 10.6 Å². The zero-order valence-electron chi connectivity index (χ0n) is 11.7.